The van der Waals surface area contributed by atoms with Crippen molar-refractivity contribution in [2.45, 2.75) is 24.5 Å². The fraction of sp³-hybridized carbons (Fsp3) is 0.500. The number of nitrogens with one attached hydrogen (secondary N) is 1. The highest BCUT2D eigenvalue weighted by Crippen LogP contribution is 2.18. The van der Waals surface area contributed by atoms with Gasteiger partial charge in [0.05, 0.1) is 5.25 Å². The second-order valence-electron chi connectivity index (χ2n) is 4.24. The summed E-state index contributed by atoms with van der Waals surface area (Å²) in [5.74, 6) is 0.232. The Hall–Kier alpha value is -1.00. The van der Waals surface area contributed by atoms with Gasteiger partial charge in [-0.15, -0.1) is 0 Å². The third-order valence-electron chi connectivity index (χ3n) is 2.99. The van der Waals surface area contributed by atoms with Crippen molar-refractivity contribution in [2.75, 3.05) is 19.4 Å². The maximum absolute atomic E-state index is 11.7. The molecular weight excluding hydrogens is 246 g/mol. The van der Waals surface area contributed by atoms with Gasteiger partial charge in [0.2, 0.25) is 5.91 Å². The normalized spacial score (nSPS) is 13.9. The third kappa shape index (κ3) is 4.70. The van der Waals surface area contributed by atoms with E-state index in [1.807, 2.05) is 43.5 Å². The van der Waals surface area contributed by atoms with Crippen molar-refractivity contribution in [2.24, 2.45) is 0 Å². The van der Waals surface area contributed by atoms with Crippen molar-refractivity contribution in [3.05, 3.63) is 35.9 Å². The van der Waals surface area contributed by atoms with Gasteiger partial charge >= 0.3 is 0 Å². The molecule has 1 aromatic rings. The SMILES string of the molecule is CSC(C)C(=O)NCC(CCO)c1ccccc1. The third-order valence-corrected chi connectivity index (χ3v) is 3.92. The zero-order valence-electron chi connectivity index (χ0n) is 10.9. The molecule has 2 atom stereocenters. The average Bonchev–Trinajstić information content (AvgIpc) is 2.43. The van der Waals surface area contributed by atoms with Crippen molar-refractivity contribution < 1.29 is 9.90 Å². The molecule has 2 unspecified atom stereocenters. The van der Waals surface area contributed by atoms with E-state index in [2.05, 4.69) is 5.32 Å². The zero-order valence-corrected chi connectivity index (χ0v) is 11.7. The first-order valence-electron chi connectivity index (χ1n) is 6.15. The van der Waals surface area contributed by atoms with Crippen LogP contribution in [0, 0.1) is 0 Å². The van der Waals surface area contributed by atoms with Crippen LogP contribution in [0.2, 0.25) is 0 Å². The molecular formula is C14H21NO2S. The smallest absolute Gasteiger partial charge is 0.232 e. The summed E-state index contributed by atoms with van der Waals surface area (Å²) >= 11 is 1.53. The quantitative estimate of drug-likeness (QED) is 0.794. The molecule has 0 saturated carbocycles. The van der Waals surface area contributed by atoms with Gasteiger partial charge in [0.1, 0.15) is 0 Å². The molecule has 0 aliphatic rings. The van der Waals surface area contributed by atoms with Crippen molar-refractivity contribution in [1.82, 2.24) is 5.32 Å². The lowest BCUT2D eigenvalue weighted by Gasteiger charge is -2.18. The van der Waals surface area contributed by atoms with Crippen LogP contribution in [0.4, 0.5) is 0 Å². The number of hydrogen-bond acceptors (Lipinski definition) is 3. The van der Waals surface area contributed by atoms with Crippen LogP contribution in [0.5, 0.6) is 0 Å². The van der Waals surface area contributed by atoms with Crippen LogP contribution in [0.3, 0.4) is 0 Å². The van der Waals surface area contributed by atoms with E-state index >= 15 is 0 Å². The van der Waals surface area contributed by atoms with Crippen LogP contribution in [-0.2, 0) is 4.79 Å². The maximum Gasteiger partial charge on any atom is 0.232 e. The van der Waals surface area contributed by atoms with Crippen molar-refractivity contribution in [1.29, 1.82) is 0 Å². The molecule has 1 aromatic carbocycles. The molecule has 0 heterocycles. The van der Waals surface area contributed by atoms with E-state index in [1.54, 1.807) is 0 Å². The number of rotatable bonds is 7. The van der Waals surface area contributed by atoms with Gasteiger partial charge in [0, 0.05) is 19.1 Å². The fourth-order valence-corrected chi connectivity index (χ4v) is 2.04. The van der Waals surface area contributed by atoms with Gasteiger partial charge in [-0.3, -0.25) is 4.79 Å². The highest BCUT2D eigenvalue weighted by atomic mass is 32.2. The number of carbonyl (C=O) groups is 1. The minimum atomic E-state index is -0.0319. The second-order valence-corrected chi connectivity index (χ2v) is 5.42. The van der Waals surface area contributed by atoms with Gasteiger partial charge in [-0.05, 0) is 25.2 Å². The minimum Gasteiger partial charge on any atom is -0.396 e. The summed E-state index contributed by atoms with van der Waals surface area (Å²) in [6.45, 7) is 2.60. The summed E-state index contributed by atoms with van der Waals surface area (Å²) in [6, 6.07) is 9.99. The highest BCUT2D eigenvalue weighted by Gasteiger charge is 2.15. The highest BCUT2D eigenvalue weighted by molar-refractivity contribution is 7.99. The van der Waals surface area contributed by atoms with Crippen LogP contribution < -0.4 is 5.32 Å². The molecule has 0 aromatic heterocycles. The number of carbonyl (C=O) groups excluding carboxylic acids is 1. The first-order valence-corrected chi connectivity index (χ1v) is 7.44. The largest absolute Gasteiger partial charge is 0.396 e. The second kappa shape index (κ2) is 8.16. The fourth-order valence-electron chi connectivity index (χ4n) is 1.74. The number of benzene rings is 1. The van der Waals surface area contributed by atoms with Gasteiger partial charge in [-0.2, -0.15) is 11.8 Å². The number of aliphatic hydroxyl groups is 1. The molecule has 100 valence electrons. The lowest BCUT2D eigenvalue weighted by Crippen LogP contribution is -2.34. The number of amides is 1. The zero-order chi connectivity index (χ0) is 13.4. The Morgan fingerprint density at radius 1 is 1.39 bits per heavy atom. The summed E-state index contributed by atoms with van der Waals surface area (Å²) < 4.78 is 0. The Labute approximate surface area is 113 Å². The molecule has 0 fully saturated rings. The molecule has 1 amide bonds. The van der Waals surface area contributed by atoms with E-state index in [-0.39, 0.29) is 23.7 Å². The lowest BCUT2D eigenvalue weighted by atomic mass is 9.96. The first-order chi connectivity index (χ1) is 8.69. The van der Waals surface area contributed by atoms with E-state index in [4.69, 9.17) is 5.11 Å². The van der Waals surface area contributed by atoms with Crippen molar-refractivity contribution in [3.63, 3.8) is 0 Å². The summed E-state index contributed by atoms with van der Waals surface area (Å²) in [6.07, 6.45) is 2.59. The summed E-state index contributed by atoms with van der Waals surface area (Å²) in [5.41, 5.74) is 1.16. The van der Waals surface area contributed by atoms with Gasteiger partial charge in [-0.25, -0.2) is 0 Å². The lowest BCUT2D eigenvalue weighted by molar-refractivity contribution is -0.120. The Kier molecular flexibility index (Phi) is 6.83. The van der Waals surface area contributed by atoms with Crippen LogP contribution in [0.25, 0.3) is 0 Å². The Morgan fingerprint density at radius 3 is 2.61 bits per heavy atom. The van der Waals surface area contributed by atoms with E-state index in [1.165, 1.54) is 11.8 Å². The standard InChI is InChI=1S/C14H21NO2S/c1-11(18-2)14(17)15-10-13(8-9-16)12-6-4-3-5-7-12/h3-7,11,13,16H,8-10H2,1-2H3,(H,15,17). The summed E-state index contributed by atoms with van der Waals surface area (Å²) in [4.78, 5) is 11.7. The monoisotopic (exact) mass is 267 g/mol. The molecule has 0 radical (unpaired) electrons. The van der Waals surface area contributed by atoms with Crippen molar-refractivity contribution >= 4 is 17.7 Å². The Morgan fingerprint density at radius 2 is 2.06 bits per heavy atom. The summed E-state index contributed by atoms with van der Waals surface area (Å²) in [7, 11) is 0. The van der Waals surface area contributed by atoms with Crippen LogP contribution >= 0.6 is 11.8 Å². The molecule has 0 saturated heterocycles. The van der Waals surface area contributed by atoms with E-state index in [0.717, 1.165) is 5.56 Å². The topological polar surface area (TPSA) is 49.3 Å². The average molecular weight is 267 g/mol. The van der Waals surface area contributed by atoms with Gasteiger partial charge in [-0.1, -0.05) is 30.3 Å². The van der Waals surface area contributed by atoms with Crippen molar-refractivity contribution in [3.8, 4) is 0 Å². The number of thioether (sulfide) groups is 1. The molecule has 0 aliphatic heterocycles. The molecule has 0 bridgehead atoms. The summed E-state index contributed by atoms with van der Waals surface area (Å²) in [5, 5.41) is 12.0. The number of aliphatic hydroxyl groups excluding tert-OH is 1. The van der Waals surface area contributed by atoms with E-state index < -0.39 is 0 Å². The molecule has 18 heavy (non-hydrogen) atoms. The molecule has 4 heteroatoms. The first kappa shape index (κ1) is 15.1. The molecule has 1 rings (SSSR count). The van der Waals surface area contributed by atoms with E-state index in [0.29, 0.717) is 13.0 Å². The predicted octanol–water partition coefficient (Wildman–Crippen LogP) is 2.02. The predicted molar refractivity (Wildman–Crippen MR) is 76.9 cm³/mol. The number of hydrogen-bond donors (Lipinski definition) is 2. The van der Waals surface area contributed by atoms with Gasteiger partial charge in [0.15, 0.2) is 0 Å². The van der Waals surface area contributed by atoms with Gasteiger partial charge in [0.25, 0.3) is 0 Å². The molecule has 0 aliphatic carbocycles. The van der Waals surface area contributed by atoms with Crippen LogP contribution in [-0.4, -0.2) is 35.7 Å². The van der Waals surface area contributed by atoms with Crippen LogP contribution in [0.15, 0.2) is 30.3 Å². The molecule has 3 nitrogen and oxygen atoms in total. The minimum absolute atomic E-state index is 0.0319. The molecule has 2 N–H and O–H groups in total. The molecule has 0 spiro atoms. The Balaban J connectivity index is 2.56. The van der Waals surface area contributed by atoms with Crippen LogP contribution in [0.1, 0.15) is 24.8 Å². The van der Waals surface area contributed by atoms with E-state index in [9.17, 15) is 4.79 Å². The van der Waals surface area contributed by atoms with Gasteiger partial charge < -0.3 is 10.4 Å². The maximum atomic E-state index is 11.7. The Bertz CT molecular complexity index is 356.